The second-order valence-electron chi connectivity index (χ2n) is 6.76. The summed E-state index contributed by atoms with van der Waals surface area (Å²) in [5.74, 6) is 0.708. The highest BCUT2D eigenvalue weighted by Gasteiger charge is 2.12. The number of pyridine rings is 1. The highest BCUT2D eigenvalue weighted by molar-refractivity contribution is 7.07. The molecule has 0 atom stereocenters. The number of rotatable bonds is 6. The van der Waals surface area contributed by atoms with Gasteiger partial charge in [0, 0.05) is 31.5 Å². The van der Waals surface area contributed by atoms with Crippen LogP contribution in [0.2, 0.25) is 0 Å². The molecular formula is C22H21N3O2S. The van der Waals surface area contributed by atoms with E-state index in [4.69, 9.17) is 4.74 Å². The lowest BCUT2D eigenvalue weighted by atomic mass is 10.2. The number of aryl methyl sites for hydroxylation is 1. The van der Waals surface area contributed by atoms with Gasteiger partial charge in [0.25, 0.3) is 5.91 Å². The Bertz CT molecular complexity index is 1080. The Balaban J connectivity index is 1.38. The van der Waals surface area contributed by atoms with Crippen molar-refractivity contribution in [3.8, 4) is 5.75 Å². The van der Waals surface area contributed by atoms with Crippen LogP contribution in [0.15, 0.2) is 65.6 Å². The van der Waals surface area contributed by atoms with Crippen molar-refractivity contribution in [2.75, 3.05) is 7.05 Å². The smallest absolute Gasteiger partial charge is 0.253 e. The Morgan fingerprint density at radius 2 is 2.04 bits per heavy atom. The maximum absolute atomic E-state index is 12.6. The molecule has 0 aliphatic heterocycles. The minimum atomic E-state index is -0.00595. The van der Waals surface area contributed by atoms with Crippen LogP contribution in [-0.4, -0.2) is 27.2 Å². The highest BCUT2D eigenvalue weighted by atomic mass is 32.1. The molecule has 0 N–H and O–H groups in total. The predicted molar refractivity (Wildman–Crippen MR) is 111 cm³/mol. The summed E-state index contributed by atoms with van der Waals surface area (Å²) in [7, 11) is 1.82. The topological polar surface area (TPSA) is 46.8 Å². The van der Waals surface area contributed by atoms with Crippen molar-refractivity contribution in [2.24, 2.45) is 0 Å². The molecule has 28 heavy (non-hydrogen) atoms. The van der Waals surface area contributed by atoms with E-state index in [-0.39, 0.29) is 5.91 Å². The predicted octanol–water partition coefficient (Wildman–Crippen LogP) is 4.56. The molecule has 4 aromatic rings. The molecule has 5 nitrogen and oxygen atoms in total. The van der Waals surface area contributed by atoms with Gasteiger partial charge in [-0.05, 0) is 65.2 Å². The number of imidazole rings is 1. The summed E-state index contributed by atoms with van der Waals surface area (Å²) in [6.07, 6.45) is 3.95. The lowest BCUT2D eigenvalue weighted by molar-refractivity contribution is 0.0785. The van der Waals surface area contributed by atoms with Crippen molar-refractivity contribution in [3.63, 3.8) is 0 Å². The van der Waals surface area contributed by atoms with Crippen LogP contribution in [0.1, 0.15) is 27.2 Å². The van der Waals surface area contributed by atoms with Crippen LogP contribution in [0.3, 0.4) is 0 Å². The molecule has 6 heteroatoms. The lowest BCUT2D eigenvalue weighted by Gasteiger charge is -2.16. The number of nitrogens with zero attached hydrogens (tertiary/aromatic N) is 3. The number of hydrogen-bond acceptors (Lipinski definition) is 4. The van der Waals surface area contributed by atoms with Gasteiger partial charge in [-0.2, -0.15) is 11.3 Å². The molecule has 0 spiro atoms. The Morgan fingerprint density at radius 3 is 2.75 bits per heavy atom. The Kier molecular flexibility index (Phi) is 5.12. The van der Waals surface area contributed by atoms with Crippen LogP contribution in [0.5, 0.6) is 5.75 Å². The second kappa shape index (κ2) is 7.86. The molecule has 0 aliphatic rings. The van der Waals surface area contributed by atoms with Crippen molar-refractivity contribution in [1.82, 2.24) is 14.3 Å². The van der Waals surface area contributed by atoms with E-state index < -0.39 is 0 Å². The fourth-order valence-corrected chi connectivity index (χ4v) is 3.73. The molecule has 0 unspecified atom stereocenters. The summed E-state index contributed by atoms with van der Waals surface area (Å²) < 4.78 is 7.84. The maximum Gasteiger partial charge on any atom is 0.253 e. The van der Waals surface area contributed by atoms with Gasteiger partial charge in [-0.3, -0.25) is 4.79 Å². The van der Waals surface area contributed by atoms with Gasteiger partial charge in [0.1, 0.15) is 18.0 Å². The zero-order valence-electron chi connectivity index (χ0n) is 15.8. The van der Waals surface area contributed by atoms with Gasteiger partial charge in [-0.25, -0.2) is 4.98 Å². The standard InChI is InChI=1S/C22H21N3O2S/c1-16-4-3-10-25-13-19(23-21(16)25)14-27-20-7-5-18(6-8-20)22(26)24(2)12-17-9-11-28-15-17/h3-11,13,15H,12,14H2,1-2H3. The zero-order valence-corrected chi connectivity index (χ0v) is 16.6. The fourth-order valence-electron chi connectivity index (χ4n) is 3.07. The average molecular weight is 391 g/mol. The molecule has 0 fully saturated rings. The van der Waals surface area contributed by atoms with Crippen LogP contribution in [0.4, 0.5) is 0 Å². The summed E-state index contributed by atoms with van der Waals surface area (Å²) >= 11 is 1.64. The minimum absolute atomic E-state index is 0.00595. The van der Waals surface area contributed by atoms with Crippen molar-refractivity contribution >= 4 is 22.9 Å². The SMILES string of the molecule is Cc1cccn2cc(COc3ccc(C(=O)N(C)Cc4ccsc4)cc3)nc12. The average Bonchev–Trinajstić information content (AvgIpc) is 3.36. The molecule has 142 valence electrons. The molecule has 3 heterocycles. The third kappa shape index (κ3) is 3.92. The van der Waals surface area contributed by atoms with Crippen LogP contribution >= 0.6 is 11.3 Å². The van der Waals surface area contributed by atoms with E-state index in [0.29, 0.717) is 24.5 Å². The van der Waals surface area contributed by atoms with E-state index in [0.717, 1.165) is 22.5 Å². The van der Waals surface area contributed by atoms with E-state index in [1.54, 1.807) is 28.4 Å². The monoisotopic (exact) mass is 391 g/mol. The summed E-state index contributed by atoms with van der Waals surface area (Å²) in [6.45, 7) is 3.03. The quantitative estimate of drug-likeness (QED) is 0.484. The Labute approximate surface area is 167 Å². The van der Waals surface area contributed by atoms with Gasteiger partial charge in [-0.1, -0.05) is 6.07 Å². The first-order chi connectivity index (χ1) is 13.6. The Hall–Kier alpha value is -3.12. The molecule has 1 amide bonds. The van der Waals surface area contributed by atoms with Crippen molar-refractivity contribution in [3.05, 3.63) is 88.0 Å². The number of benzene rings is 1. The van der Waals surface area contributed by atoms with Crippen LogP contribution in [0.25, 0.3) is 5.65 Å². The first-order valence-corrected chi connectivity index (χ1v) is 9.97. The van der Waals surface area contributed by atoms with Crippen molar-refractivity contribution < 1.29 is 9.53 Å². The van der Waals surface area contributed by atoms with E-state index in [9.17, 15) is 4.79 Å². The fraction of sp³-hybridized carbons (Fsp3) is 0.182. The van der Waals surface area contributed by atoms with Crippen LogP contribution in [0, 0.1) is 6.92 Å². The molecule has 0 bridgehead atoms. The minimum Gasteiger partial charge on any atom is -0.487 e. The Morgan fingerprint density at radius 1 is 1.21 bits per heavy atom. The summed E-state index contributed by atoms with van der Waals surface area (Å²) in [5, 5.41) is 4.08. The number of carbonyl (C=O) groups excluding carboxylic acids is 1. The number of carbonyl (C=O) groups is 1. The van der Waals surface area contributed by atoms with Crippen molar-refractivity contribution in [2.45, 2.75) is 20.1 Å². The van der Waals surface area contributed by atoms with E-state index in [1.807, 2.05) is 66.5 Å². The number of hydrogen-bond donors (Lipinski definition) is 0. The number of thiophene rings is 1. The number of fused-ring (bicyclic) bond motifs is 1. The van der Waals surface area contributed by atoms with Crippen LogP contribution < -0.4 is 4.74 Å². The third-order valence-electron chi connectivity index (χ3n) is 4.56. The maximum atomic E-state index is 12.6. The first kappa shape index (κ1) is 18.3. The van der Waals surface area contributed by atoms with E-state index >= 15 is 0 Å². The molecular weight excluding hydrogens is 370 g/mol. The third-order valence-corrected chi connectivity index (χ3v) is 5.29. The molecule has 0 saturated heterocycles. The summed E-state index contributed by atoms with van der Waals surface area (Å²) in [6, 6.07) is 13.3. The lowest BCUT2D eigenvalue weighted by Crippen LogP contribution is -2.25. The highest BCUT2D eigenvalue weighted by Crippen LogP contribution is 2.17. The van der Waals surface area contributed by atoms with E-state index in [1.165, 1.54) is 0 Å². The summed E-state index contributed by atoms with van der Waals surface area (Å²) in [5.41, 5.74) is 4.72. The largest absolute Gasteiger partial charge is 0.487 e. The molecule has 4 rings (SSSR count). The van der Waals surface area contributed by atoms with Gasteiger partial charge in [0.15, 0.2) is 0 Å². The number of amides is 1. The van der Waals surface area contributed by atoms with Gasteiger partial charge >= 0.3 is 0 Å². The number of aromatic nitrogens is 2. The zero-order chi connectivity index (χ0) is 19.5. The van der Waals surface area contributed by atoms with Crippen molar-refractivity contribution in [1.29, 1.82) is 0 Å². The molecule has 0 radical (unpaired) electrons. The van der Waals surface area contributed by atoms with Gasteiger partial charge in [-0.15, -0.1) is 0 Å². The molecule has 1 aromatic carbocycles. The van der Waals surface area contributed by atoms with Gasteiger partial charge in [0.05, 0.1) is 5.69 Å². The molecule has 0 aliphatic carbocycles. The van der Waals surface area contributed by atoms with Gasteiger partial charge < -0.3 is 14.0 Å². The second-order valence-corrected chi connectivity index (χ2v) is 7.54. The normalized spacial score (nSPS) is 10.9. The number of ether oxygens (including phenoxy) is 1. The molecule has 0 saturated carbocycles. The van der Waals surface area contributed by atoms with E-state index in [2.05, 4.69) is 10.4 Å². The first-order valence-electron chi connectivity index (χ1n) is 9.03. The molecule has 3 aromatic heterocycles. The summed E-state index contributed by atoms with van der Waals surface area (Å²) in [4.78, 5) is 18.9. The van der Waals surface area contributed by atoms with Gasteiger partial charge in [0.2, 0.25) is 0 Å². The van der Waals surface area contributed by atoms with Crippen LogP contribution in [-0.2, 0) is 13.2 Å².